The molecule has 1 N–H and O–H groups in total. The molecule has 2 aromatic rings. The third-order valence-corrected chi connectivity index (χ3v) is 5.56. The molecule has 2 rings (SSSR count). The third kappa shape index (κ3) is 5.71. The van der Waals surface area contributed by atoms with Crippen LogP contribution >= 0.6 is 11.6 Å². The van der Waals surface area contributed by atoms with E-state index in [1.54, 1.807) is 32.9 Å². The number of hydrogen-bond donors (Lipinski definition) is 1. The van der Waals surface area contributed by atoms with Gasteiger partial charge in [-0.25, -0.2) is 13.2 Å². The van der Waals surface area contributed by atoms with Crippen LogP contribution in [0, 0.1) is 13.8 Å². The number of para-hydroxylation sites is 1. The van der Waals surface area contributed by atoms with E-state index in [1.165, 1.54) is 18.2 Å². The van der Waals surface area contributed by atoms with Crippen LogP contribution in [0.2, 0.25) is 5.02 Å². The highest BCUT2D eigenvalue weighted by atomic mass is 35.5. The lowest BCUT2D eigenvalue weighted by Gasteiger charge is -2.25. The molecule has 0 atom stereocenters. The molecular formula is C20H23ClN2O5S. The summed E-state index contributed by atoms with van der Waals surface area (Å²) in [6.07, 6.45) is 1.05. The topological polar surface area (TPSA) is 92.8 Å². The van der Waals surface area contributed by atoms with Crippen molar-refractivity contribution in [3.8, 4) is 0 Å². The molecule has 0 aliphatic rings. The summed E-state index contributed by atoms with van der Waals surface area (Å²) in [4.78, 5) is 24.3. The number of halogens is 1. The zero-order valence-electron chi connectivity index (χ0n) is 16.7. The number of carbonyl (C=O) groups excluding carboxylic acids is 2. The minimum Gasteiger partial charge on any atom is -0.462 e. The van der Waals surface area contributed by atoms with E-state index in [0.717, 1.165) is 21.7 Å². The fourth-order valence-electron chi connectivity index (χ4n) is 2.84. The second-order valence-electron chi connectivity index (χ2n) is 6.47. The van der Waals surface area contributed by atoms with Crippen LogP contribution in [0.1, 0.15) is 28.4 Å². The average Bonchev–Trinajstić information content (AvgIpc) is 2.61. The third-order valence-electron chi connectivity index (χ3n) is 4.13. The maximum Gasteiger partial charge on any atom is 0.338 e. The Balaban J connectivity index is 2.25. The summed E-state index contributed by atoms with van der Waals surface area (Å²) in [7, 11) is -3.71. The lowest BCUT2D eigenvalue weighted by Crippen LogP contribution is -2.38. The number of sulfonamides is 1. The van der Waals surface area contributed by atoms with E-state index in [4.69, 9.17) is 16.3 Å². The van der Waals surface area contributed by atoms with Crippen molar-refractivity contribution < 1.29 is 22.7 Å². The van der Waals surface area contributed by atoms with Crippen molar-refractivity contribution >= 4 is 44.9 Å². The molecule has 1 amide bonds. The van der Waals surface area contributed by atoms with Crippen LogP contribution < -0.4 is 9.62 Å². The number of esters is 1. The highest BCUT2D eigenvalue weighted by molar-refractivity contribution is 7.92. The smallest absolute Gasteiger partial charge is 0.338 e. The summed E-state index contributed by atoms with van der Waals surface area (Å²) in [5.41, 5.74) is 2.46. The molecule has 0 spiro atoms. The number of nitrogens with one attached hydrogen (secondary N) is 1. The van der Waals surface area contributed by atoms with Gasteiger partial charge in [0.15, 0.2) is 0 Å². The van der Waals surface area contributed by atoms with Gasteiger partial charge in [-0.3, -0.25) is 9.10 Å². The van der Waals surface area contributed by atoms with Crippen molar-refractivity contribution in [3.63, 3.8) is 0 Å². The summed E-state index contributed by atoms with van der Waals surface area (Å²) >= 11 is 6.16. The van der Waals surface area contributed by atoms with Crippen molar-refractivity contribution in [1.29, 1.82) is 0 Å². The number of ether oxygens (including phenoxy) is 1. The van der Waals surface area contributed by atoms with Crippen molar-refractivity contribution in [2.24, 2.45) is 0 Å². The van der Waals surface area contributed by atoms with E-state index in [0.29, 0.717) is 5.69 Å². The van der Waals surface area contributed by atoms with Crippen LogP contribution in [-0.2, 0) is 19.6 Å². The number of carbonyl (C=O) groups is 2. The number of nitrogens with zero attached hydrogens (tertiary/aromatic N) is 1. The van der Waals surface area contributed by atoms with Gasteiger partial charge in [0.2, 0.25) is 15.9 Å². The molecule has 0 aromatic heterocycles. The quantitative estimate of drug-likeness (QED) is 0.667. The van der Waals surface area contributed by atoms with Crippen molar-refractivity contribution in [1.82, 2.24) is 0 Å². The van der Waals surface area contributed by atoms with Crippen LogP contribution in [0.15, 0.2) is 36.4 Å². The molecule has 9 heteroatoms. The van der Waals surface area contributed by atoms with Gasteiger partial charge < -0.3 is 10.1 Å². The summed E-state index contributed by atoms with van der Waals surface area (Å²) in [6.45, 7) is 5.07. The standard InChI is InChI=1S/C20H23ClN2O5S/c1-5-28-20(25)15-9-10-17(16(21)11-15)22-18(24)12-23(29(4,26)27)19-13(2)7-6-8-14(19)3/h6-11H,5,12H2,1-4H3,(H,22,24). The Hall–Kier alpha value is -2.58. The van der Waals surface area contributed by atoms with Gasteiger partial charge in [-0.1, -0.05) is 29.8 Å². The van der Waals surface area contributed by atoms with E-state index >= 15 is 0 Å². The van der Waals surface area contributed by atoms with E-state index in [1.807, 2.05) is 6.07 Å². The lowest BCUT2D eigenvalue weighted by molar-refractivity contribution is -0.114. The number of aryl methyl sites for hydroxylation is 2. The Labute approximate surface area is 175 Å². The van der Waals surface area contributed by atoms with Crippen LogP contribution in [0.25, 0.3) is 0 Å². The van der Waals surface area contributed by atoms with Gasteiger partial charge in [0.25, 0.3) is 0 Å². The molecule has 0 radical (unpaired) electrons. The van der Waals surface area contributed by atoms with Crippen molar-refractivity contribution in [2.75, 3.05) is 29.0 Å². The van der Waals surface area contributed by atoms with E-state index in [-0.39, 0.29) is 22.9 Å². The zero-order chi connectivity index (χ0) is 21.8. The Morgan fingerprint density at radius 3 is 2.28 bits per heavy atom. The van der Waals surface area contributed by atoms with Crippen LogP contribution in [0.4, 0.5) is 11.4 Å². The lowest BCUT2D eigenvalue weighted by atomic mass is 10.1. The molecule has 0 aliphatic heterocycles. The highest BCUT2D eigenvalue weighted by Gasteiger charge is 2.24. The second kappa shape index (κ2) is 9.28. The number of hydrogen-bond acceptors (Lipinski definition) is 5. The fraction of sp³-hybridized carbons (Fsp3) is 0.300. The first kappa shape index (κ1) is 22.7. The molecule has 2 aromatic carbocycles. The highest BCUT2D eigenvalue weighted by Crippen LogP contribution is 2.27. The molecule has 0 fully saturated rings. The first-order chi connectivity index (χ1) is 13.5. The molecule has 29 heavy (non-hydrogen) atoms. The number of rotatable bonds is 7. The molecule has 0 saturated carbocycles. The second-order valence-corrected chi connectivity index (χ2v) is 8.79. The van der Waals surface area contributed by atoms with Crippen LogP contribution in [0.3, 0.4) is 0 Å². The Morgan fingerprint density at radius 2 is 1.76 bits per heavy atom. The van der Waals surface area contributed by atoms with Gasteiger partial charge in [-0.15, -0.1) is 0 Å². The monoisotopic (exact) mass is 438 g/mol. The van der Waals surface area contributed by atoms with Gasteiger partial charge in [0.1, 0.15) is 6.54 Å². The van der Waals surface area contributed by atoms with E-state index in [2.05, 4.69) is 5.32 Å². The van der Waals surface area contributed by atoms with Gasteiger partial charge in [0, 0.05) is 0 Å². The molecular weight excluding hydrogens is 416 g/mol. The van der Waals surface area contributed by atoms with Gasteiger partial charge in [-0.2, -0.15) is 0 Å². The molecule has 0 unspecified atom stereocenters. The van der Waals surface area contributed by atoms with Gasteiger partial charge in [-0.05, 0) is 50.1 Å². The normalized spacial score (nSPS) is 11.1. The van der Waals surface area contributed by atoms with Crippen LogP contribution in [0.5, 0.6) is 0 Å². The largest absolute Gasteiger partial charge is 0.462 e. The molecule has 156 valence electrons. The van der Waals surface area contributed by atoms with E-state index in [9.17, 15) is 18.0 Å². The Kier molecular flexibility index (Phi) is 7.26. The summed E-state index contributed by atoms with van der Waals surface area (Å²) < 4.78 is 30.7. The number of anilines is 2. The number of amides is 1. The summed E-state index contributed by atoms with van der Waals surface area (Å²) in [5, 5.41) is 2.73. The molecule has 7 nitrogen and oxygen atoms in total. The minimum atomic E-state index is -3.71. The fourth-order valence-corrected chi connectivity index (χ4v) is 4.04. The Bertz CT molecular complexity index is 1020. The zero-order valence-corrected chi connectivity index (χ0v) is 18.2. The maximum absolute atomic E-state index is 12.6. The predicted molar refractivity (Wildman–Crippen MR) is 114 cm³/mol. The number of benzene rings is 2. The predicted octanol–water partition coefficient (Wildman–Crippen LogP) is 3.54. The van der Waals surface area contributed by atoms with Gasteiger partial charge in [0.05, 0.1) is 34.8 Å². The molecule has 0 aliphatic carbocycles. The summed E-state index contributed by atoms with van der Waals surface area (Å²) in [6, 6.07) is 9.71. The maximum atomic E-state index is 12.6. The summed E-state index contributed by atoms with van der Waals surface area (Å²) in [5.74, 6) is -1.09. The SMILES string of the molecule is CCOC(=O)c1ccc(NC(=O)CN(c2c(C)cccc2C)S(C)(=O)=O)c(Cl)c1. The molecule has 0 bridgehead atoms. The molecule has 0 heterocycles. The average molecular weight is 439 g/mol. The Morgan fingerprint density at radius 1 is 1.14 bits per heavy atom. The van der Waals surface area contributed by atoms with Gasteiger partial charge >= 0.3 is 5.97 Å². The van der Waals surface area contributed by atoms with Crippen molar-refractivity contribution in [2.45, 2.75) is 20.8 Å². The first-order valence-corrected chi connectivity index (χ1v) is 11.1. The van der Waals surface area contributed by atoms with Crippen molar-refractivity contribution in [3.05, 3.63) is 58.1 Å². The van der Waals surface area contributed by atoms with Crippen LogP contribution in [-0.4, -0.2) is 39.7 Å². The molecule has 0 saturated heterocycles. The minimum absolute atomic E-state index is 0.141. The first-order valence-electron chi connectivity index (χ1n) is 8.85. The van der Waals surface area contributed by atoms with E-state index < -0.39 is 28.4 Å².